The first-order valence-electron chi connectivity index (χ1n) is 10.1. The summed E-state index contributed by atoms with van der Waals surface area (Å²) in [7, 11) is 0. The van der Waals surface area contributed by atoms with Crippen LogP contribution in [0.15, 0.2) is 30.9 Å². The molecule has 16 heteroatoms. The molecule has 1 amide bonds. The Morgan fingerprint density at radius 1 is 1.14 bits per heavy atom. The molecule has 0 aliphatic heterocycles. The smallest absolute Gasteiger partial charge is 0.348 e. The van der Waals surface area contributed by atoms with Crippen molar-refractivity contribution in [2.75, 3.05) is 0 Å². The van der Waals surface area contributed by atoms with Crippen LogP contribution in [0.1, 0.15) is 37.5 Å². The quantitative estimate of drug-likeness (QED) is 0.408. The van der Waals surface area contributed by atoms with E-state index in [2.05, 4.69) is 25.5 Å². The lowest BCUT2D eigenvalue weighted by molar-refractivity contribution is -0.141. The van der Waals surface area contributed by atoms with Crippen molar-refractivity contribution in [2.24, 2.45) is 5.73 Å². The Labute approximate surface area is 215 Å². The molecule has 0 saturated carbocycles. The zero-order valence-corrected chi connectivity index (χ0v) is 21.0. The molecule has 3 rings (SSSR count). The molecule has 0 unspecified atom stereocenters. The summed E-state index contributed by atoms with van der Waals surface area (Å²) in [6, 6.07) is -0.207. The van der Waals surface area contributed by atoms with Crippen molar-refractivity contribution in [3.63, 3.8) is 0 Å². The van der Waals surface area contributed by atoms with Crippen LogP contribution in [0.3, 0.4) is 0 Å². The molecule has 0 bridgehead atoms. The van der Waals surface area contributed by atoms with Crippen molar-refractivity contribution in [2.45, 2.75) is 58.0 Å². The van der Waals surface area contributed by atoms with Gasteiger partial charge in [-0.25, -0.2) is 14.6 Å². The molecule has 3 aromatic rings. The molecule has 0 radical (unpaired) electrons. The van der Waals surface area contributed by atoms with Crippen molar-refractivity contribution in [3.05, 3.63) is 47.9 Å². The van der Waals surface area contributed by atoms with E-state index in [0.29, 0.717) is 21.6 Å². The number of nitrogens with one attached hydrogen (secondary N) is 1. The molecule has 3 N–H and O–H groups in total. The first-order valence-corrected chi connectivity index (χ1v) is 10.1. The van der Waals surface area contributed by atoms with Crippen molar-refractivity contribution < 1.29 is 26.7 Å². The maximum Gasteiger partial charge on any atom is 0.435 e. The number of nitrogens with zero attached hydrogens (tertiary/aromatic N) is 6. The number of aryl methyl sites for hydroxylation is 1. The minimum Gasteiger partial charge on any atom is -0.348 e. The predicted octanol–water partition coefficient (Wildman–Crippen LogP) is 3.57. The predicted molar refractivity (Wildman–Crippen MR) is 125 cm³/mol. The highest BCUT2D eigenvalue weighted by Crippen LogP contribution is 2.32. The third kappa shape index (κ3) is 7.83. The SMILES string of the molecule is Cc1ncc(-c2cc(C(F)(F)F)nn2CC(C)(C)NC(=O)[C@H](N)Cc2cnn(C(F)F)c2)cn1.Cl.Cl. The lowest BCUT2D eigenvalue weighted by Gasteiger charge is -2.28. The first-order chi connectivity index (χ1) is 15.7. The maximum atomic E-state index is 13.3. The van der Waals surface area contributed by atoms with Gasteiger partial charge in [-0.15, -0.1) is 24.8 Å². The van der Waals surface area contributed by atoms with Gasteiger partial charge in [-0.05, 0) is 38.8 Å². The Bertz CT molecular complexity index is 1150. The van der Waals surface area contributed by atoms with Crippen molar-refractivity contribution >= 4 is 30.7 Å². The number of hydrogen-bond donors (Lipinski definition) is 2. The summed E-state index contributed by atoms with van der Waals surface area (Å²) in [4.78, 5) is 20.6. The zero-order chi connectivity index (χ0) is 25.3. The van der Waals surface area contributed by atoms with E-state index in [1.165, 1.54) is 18.6 Å². The van der Waals surface area contributed by atoms with Crippen LogP contribution >= 0.6 is 24.8 Å². The zero-order valence-electron chi connectivity index (χ0n) is 19.3. The molecule has 3 heterocycles. The number of hydrogen-bond acceptors (Lipinski definition) is 6. The summed E-state index contributed by atoms with van der Waals surface area (Å²) in [6.07, 6.45) is 0.308. The summed E-state index contributed by atoms with van der Waals surface area (Å²) in [5, 5.41) is 9.84. The fourth-order valence-corrected chi connectivity index (χ4v) is 3.21. The molecule has 0 aliphatic carbocycles. The van der Waals surface area contributed by atoms with Crippen LogP contribution in [0, 0.1) is 6.92 Å². The molecular formula is C20H25Cl2F5N8O. The van der Waals surface area contributed by atoms with Gasteiger partial charge in [0.05, 0.1) is 30.0 Å². The fraction of sp³-hybridized carbons (Fsp3) is 0.450. The van der Waals surface area contributed by atoms with Gasteiger partial charge in [-0.2, -0.15) is 32.1 Å². The Kier molecular flexibility index (Phi) is 10.3. The van der Waals surface area contributed by atoms with Crippen LogP contribution in [-0.2, 0) is 23.9 Å². The van der Waals surface area contributed by atoms with Crippen molar-refractivity contribution in [1.29, 1.82) is 0 Å². The summed E-state index contributed by atoms with van der Waals surface area (Å²) in [5.74, 6) is -0.162. The monoisotopic (exact) mass is 558 g/mol. The number of nitrogens with two attached hydrogens (primary N) is 1. The van der Waals surface area contributed by atoms with Gasteiger partial charge < -0.3 is 11.1 Å². The van der Waals surface area contributed by atoms with E-state index in [1.54, 1.807) is 20.8 Å². The third-order valence-corrected chi connectivity index (χ3v) is 4.80. The Morgan fingerprint density at radius 2 is 1.75 bits per heavy atom. The molecular weight excluding hydrogens is 534 g/mol. The van der Waals surface area contributed by atoms with Crippen LogP contribution < -0.4 is 11.1 Å². The number of carbonyl (C=O) groups is 1. The highest BCUT2D eigenvalue weighted by atomic mass is 35.5. The lowest BCUT2D eigenvalue weighted by atomic mass is 10.0. The van der Waals surface area contributed by atoms with Gasteiger partial charge in [0.25, 0.3) is 0 Å². The summed E-state index contributed by atoms with van der Waals surface area (Å²) in [5.41, 5.74) is 4.52. The third-order valence-electron chi connectivity index (χ3n) is 4.80. The van der Waals surface area contributed by atoms with Gasteiger partial charge in [-0.3, -0.25) is 9.48 Å². The van der Waals surface area contributed by atoms with Gasteiger partial charge in [0.1, 0.15) is 5.82 Å². The normalized spacial score (nSPS) is 12.6. The number of alkyl halides is 5. The summed E-state index contributed by atoms with van der Waals surface area (Å²) >= 11 is 0. The van der Waals surface area contributed by atoms with E-state index in [4.69, 9.17) is 5.73 Å². The summed E-state index contributed by atoms with van der Waals surface area (Å²) in [6.45, 7) is 1.88. The minimum absolute atomic E-state index is 0. The lowest BCUT2D eigenvalue weighted by Crippen LogP contribution is -2.53. The molecule has 1 atom stereocenters. The number of halogens is 7. The topological polar surface area (TPSA) is 117 Å². The Balaban J connectivity index is 0.00000324. The second kappa shape index (κ2) is 11.9. The maximum absolute atomic E-state index is 13.3. The Morgan fingerprint density at radius 3 is 2.28 bits per heavy atom. The van der Waals surface area contributed by atoms with Crippen LogP contribution in [0.25, 0.3) is 11.3 Å². The second-order valence-electron chi connectivity index (χ2n) is 8.38. The Hall–Kier alpha value is -2.84. The van der Waals surface area contributed by atoms with Crippen molar-refractivity contribution in [3.8, 4) is 11.3 Å². The number of amides is 1. The molecule has 0 aliphatic rings. The van der Waals surface area contributed by atoms with Gasteiger partial charge in [0, 0.05) is 24.2 Å². The van der Waals surface area contributed by atoms with E-state index in [9.17, 15) is 26.7 Å². The number of rotatable bonds is 8. The van der Waals surface area contributed by atoms with E-state index in [1.807, 2.05) is 0 Å². The van der Waals surface area contributed by atoms with E-state index >= 15 is 0 Å². The molecule has 0 aromatic carbocycles. The highest BCUT2D eigenvalue weighted by molar-refractivity contribution is 5.85. The van der Waals surface area contributed by atoms with E-state index < -0.39 is 35.9 Å². The van der Waals surface area contributed by atoms with Crippen LogP contribution in [-0.4, -0.2) is 47.0 Å². The molecule has 9 nitrogen and oxygen atoms in total. The fourth-order valence-electron chi connectivity index (χ4n) is 3.21. The van der Waals surface area contributed by atoms with Crippen LogP contribution in [0.4, 0.5) is 22.0 Å². The van der Waals surface area contributed by atoms with Crippen LogP contribution in [0.5, 0.6) is 0 Å². The standard InChI is InChI=1S/C20H23F5N8O.2ClH/c1-11-27-7-13(8-28-11)15-5-16(20(23,24)25)31-33(15)10-19(2,3)30-17(34)14(26)4-12-6-29-32(9-12)18(21)22;;/h5-9,14,18H,4,10,26H2,1-3H3,(H,30,34);2*1H/t14-;;/m1../s1. The average Bonchev–Trinajstić information content (AvgIpc) is 3.35. The van der Waals surface area contributed by atoms with E-state index in [-0.39, 0.29) is 43.5 Å². The average molecular weight is 559 g/mol. The molecule has 3 aromatic heterocycles. The summed E-state index contributed by atoms with van der Waals surface area (Å²) < 4.78 is 66.8. The molecule has 0 spiro atoms. The number of aromatic nitrogens is 6. The molecule has 0 fully saturated rings. The van der Waals surface area contributed by atoms with Gasteiger partial charge >= 0.3 is 12.7 Å². The largest absolute Gasteiger partial charge is 0.435 e. The second-order valence-corrected chi connectivity index (χ2v) is 8.38. The minimum atomic E-state index is -4.68. The van der Waals surface area contributed by atoms with Gasteiger partial charge in [-0.1, -0.05) is 0 Å². The van der Waals surface area contributed by atoms with Crippen molar-refractivity contribution in [1.82, 2.24) is 34.8 Å². The van der Waals surface area contributed by atoms with Gasteiger partial charge in [0.15, 0.2) is 5.69 Å². The first kappa shape index (κ1) is 31.2. The molecule has 36 heavy (non-hydrogen) atoms. The van der Waals surface area contributed by atoms with Crippen LogP contribution in [0.2, 0.25) is 0 Å². The van der Waals surface area contributed by atoms with Gasteiger partial charge in [0.2, 0.25) is 5.91 Å². The van der Waals surface area contributed by atoms with E-state index in [0.717, 1.165) is 16.9 Å². The molecule has 0 saturated heterocycles. The number of carbonyl (C=O) groups excluding carboxylic acids is 1. The molecule has 200 valence electrons. The highest BCUT2D eigenvalue weighted by Gasteiger charge is 2.36.